The fourth-order valence-corrected chi connectivity index (χ4v) is 2.77. The van der Waals surface area contributed by atoms with Gasteiger partial charge < -0.3 is 4.74 Å². The van der Waals surface area contributed by atoms with Crippen molar-refractivity contribution in [3.63, 3.8) is 0 Å². The molecule has 0 aromatic carbocycles. The zero-order chi connectivity index (χ0) is 12.2. The molecule has 1 saturated carbocycles. The molecule has 1 aliphatic rings. The van der Waals surface area contributed by atoms with E-state index in [-0.39, 0.29) is 5.92 Å². The molecule has 0 spiro atoms. The van der Waals surface area contributed by atoms with Gasteiger partial charge in [0.1, 0.15) is 5.60 Å². The van der Waals surface area contributed by atoms with Crippen molar-refractivity contribution in [1.29, 1.82) is 0 Å². The number of Topliss-reactive ketones (excluding diaryl/α,β-unsaturated/α-hetero) is 1. The average Bonchev–Trinajstić information content (AvgIpc) is 2.28. The molecule has 0 aromatic heterocycles. The van der Waals surface area contributed by atoms with Crippen LogP contribution in [0.15, 0.2) is 0 Å². The topological polar surface area (TPSA) is 26.3 Å². The van der Waals surface area contributed by atoms with E-state index >= 15 is 0 Å². The first-order chi connectivity index (χ1) is 7.53. The van der Waals surface area contributed by atoms with E-state index in [0.717, 1.165) is 19.3 Å². The summed E-state index contributed by atoms with van der Waals surface area (Å²) >= 11 is 0. The molecule has 1 aliphatic carbocycles. The highest BCUT2D eigenvalue weighted by Crippen LogP contribution is 2.33. The molecule has 94 valence electrons. The lowest BCUT2D eigenvalue weighted by Gasteiger charge is -2.34. The average molecular weight is 226 g/mol. The van der Waals surface area contributed by atoms with Crippen molar-refractivity contribution in [2.75, 3.05) is 6.61 Å². The Morgan fingerprint density at radius 2 is 2.06 bits per heavy atom. The van der Waals surface area contributed by atoms with Crippen molar-refractivity contribution in [1.82, 2.24) is 0 Å². The molecular formula is C14H26O2. The Labute approximate surface area is 99.8 Å². The van der Waals surface area contributed by atoms with E-state index in [9.17, 15) is 4.79 Å². The van der Waals surface area contributed by atoms with Gasteiger partial charge in [0.15, 0.2) is 5.78 Å². The number of carbonyl (C=O) groups excluding carboxylic acids is 1. The first-order valence-electron chi connectivity index (χ1n) is 6.71. The highest BCUT2D eigenvalue weighted by atomic mass is 16.5. The first-order valence-corrected chi connectivity index (χ1v) is 6.71. The second kappa shape index (κ2) is 5.81. The van der Waals surface area contributed by atoms with Crippen molar-refractivity contribution in [2.45, 2.75) is 65.4 Å². The summed E-state index contributed by atoms with van der Waals surface area (Å²) in [5, 5.41) is 0. The quantitative estimate of drug-likeness (QED) is 0.716. The molecule has 0 bridgehead atoms. The Morgan fingerprint density at radius 3 is 2.56 bits per heavy atom. The summed E-state index contributed by atoms with van der Waals surface area (Å²) in [6.45, 7) is 8.84. The smallest absolute Gasteiger partial charge is 0.167 e. The molecule has 0 aliphatic heterocycles. The van der Waals surface area contributed by atoms with Gasteiger partial charge in [-0.1, -0.05) is 26.7 Å². The summed E-state index contributed by atoms with van der Waals surface area (Å²) in [5.74, 6) is 1.27. The van der Waals surface area contributed by atoms with Gasteiger partial charge in [-0.15, -0.1) is 0 Å². The van der Waals surface area contributed by atoms with Crippen molar-refractivity contribution >= 4 is 5.78 Å². The van der Waals surface area contributed by atoms with Crippen molar-refractivity contribution in [3.8, 4) is 0 Å². The summed E-state index contributed by atoms with van der Waals surface area (Å²) in [7, 11) is 0. The van der Waals surface area contributed by atoms with Crippen LogP contribution in [-0.4, -0.2) is 18.0 Å². The summed E-state index contributed by atoms with van der Waals surface area (Å²) in [5.41, 5.74) is -0.545. The lowest BCUT2D eigenvalue weighted by Crippen LogP contribution is -2.43. The summed E-state index contributed by atoms with van der Waals surface area (Å²) in [6.07, 6.45) is 5.38. The Bertz CT molecular complexity index is 237. The lowest BCUT2D eigenvalue weighted by molar-refractivity contribution is -0.148. The molecule has 0 saturated heterocycles. The lowest BCUT2D eigenvalue weighted by atomic mass is 9.75. The number of rotatable bonds is 5. The normalized spacial score (nSPS) is 29.8. The van der Waals surface area contributed by atoms with Gasteiger partial charge in [-0.2, -0.15) is 0 Å². The van der Waals surface area contributed by atoms with E-state index in [1.807, 2.05) is 20.8 Å². The van der Waals surface area contributed by atoms with Gasteiger partial charge in [-0.3, -0.25) is 4.79 Å². The van der Waals surface area contributed by atoms with Crippen LogP contribution < -0.4 is 0 Å². The number of carbonyl (C=O) groups is 1. The second-order valence-corrected chi connectivity index (χ2v) is 5.35. The van der Waals surface area contributed by atoms with E-state index in [2.05, 4.69) is 6.92 Å². The van der Waals surface area contributed by atoms with Gasteiger partial charge in [0, 0.05) is 12.5 Å². The van der Waals surface area contributed by atoms with Crippen LogP contribution in [0.4, 0.5) is 0 Å². The van der Waals surface area contributed by atoms with Crippen LogP contribution in [0, 0.1) is 11.8 Å². The zero-order valence-electron chi connectivity index (χ0n) is 11.2. The number of hydrogen-bond acceptors (Lipinski definition) is 2. The molecule has 2 nitrogen and oxygen atoms in total. The highest BCUT2D eigenvalue weighted by Gasteiger charge is 2.38. The molecule has 0 heterocycles. The maximum atomic E-state index is 12.5. The predicted octanol–water partition coefficient (Wildman–Crippen LogP) is 3.59. The molecule has 2 heteroatoms. The van der Waals surface area contributed by atoms with Crippen LogP contribution in [0.5, 0.6) is 0 Å². The maximum absolute atomic E-state index is 12.5. The number of ether oxygens (including phenoxy) is 1. The van der Waals surface area contributed by atoms with E-state index in [1.54, 1.807) is 0 Å². The second-order valence-electron chi connectivity index (χ2n) is 5.35. The third-order valence-corrected chi connectivity index (χ3v) is 3.97. The third-order valence-electron chi connectivity index (χ3n) is 3.97. The maximum Gasteiger partial charge on any atom is 0.167 e. The van der Waals surface area contributed by atoms with Crippen LogP contribution in [-0.2, 0) is 9.53 Å². The van der Waals surface area contributed by atoms with E-state index in [0.29, 0.717) is 18.3 Å². The summed E-state index contributed by atoms with van der Waals surface area (Å²) < 4.78 is 5.68. The Hall–Kier alpha value is -0.370. The SMILES string of the molecule is CCOC(C)(CC)C(=O)C1CCCC(C)C1. The van der Waals surface area contributed by atoms with E-state index in [4.69, 9.17) is 4.74 Å². The molecule has 3 atom stereocenters. The molecule has 1 fully saturated rings. The Morgan fingerprint density at radius 1 is 1.38 bits per heavy atom. The summed E-state index contributed by atoms with van der Waals surface area (Å²) in [4.78, 5) is 12.5. The van der Waals surface area contributed by atoms with Gasteiger partial charge in [-0.05, 0) is 39.0 Å². The molecule has 16 heavy (non-hydrogen) atoms. The van der Waals surface area contributed by atoms with Gasteiger partial charge in [0.2, 0.25) is 0 Å². The minimum absolute atomic E-state index is 0.236. The van der Waals surface area contributed by atoms with Gasteiger partial charge in [0.25, 0.3) is 0 Å². The molecule has 0 amide bonds. The van der Waals surface area contributed by atoms with Gasteiger partial charge in [-0.25, -0.2) is 0 Å². The standard InChI is InChI=1S/C14H26O2/c1-5-14(4,16-6-2)13(15)12-9-7-8-11(3)10-12/h11-12H,5-10H2,1-4H3. The van der Waals surface area contributed by atoms with Crippen LogP contribution in [0.25, 0.3) is 0 Å². The molecular weight excluding hydrogens is 200 g/mol. The molecule has 0 N–H and O–H groups in total. The molecule has 3 unspecified atom stereocenters. The van der Waals surface area contributed by atoms with Crippen LogP contribution in [0.3, 0.4) is 0 Å². The Kier molecular flexibility index (Phi) is 4.97. The zero-order valence-corrected chi connectivity index (χ0v) is 11.2. The fourth-order valence-electron chi connectivity index (χ4n) is 2.77. The first kappa shape index (κ1) is 13.7. The van der Waals surface area contributed by atoms with Gasteiger partial charge in [0.05, 0.1) is 0 Å². The monoisotopic (exact) mass is 226 g/mol. The third kappa shape index (κ3) is 3.07. The Balaban J connectivity index is 2.66. The summed E-state index contributed by atoms with van der Waals surface area (Å²) in [6, 6.07) is 0. The van der Waals surface area contributed by atoms with Crippen LogP contribution in [0.1, 0.15) is 59.8 Å². The largest absolute Gasteiger partial charge is 0.368 e. The number of ketones is 1. The molecule has 1 rings (SSSR count). The molecule has 0 aromatic rings. The van der Waals surface area contributed by atoms with Crippen molar-refractivity contribution < 1.29 is 9.53 Å². The van der Waals surface area contributed by atoms with Crippen molar-refractivity contribution in [2.24, 2.45) is 11.8 Å². The minimum atomic E-state index is -0.545. The highest BCUT2D eigenvalue weighted by molar-refractivity contribution is 5.89. The van der Waals surface area contributed by atoms with Crippen LogP contribution >= 0.6 is 0 Å². The van der Waals surface area contributed by atoms with Crippen LogP contribution in [0.2, 0.25) is 0 Å². The fraction of sp³-hybridized carbons (Fsp3) is 0.929. The van der Waals surface area contributed by atoms with E-state index < -0.39 is 5.60 Å². The van der Waals surface area contributed by atoms with E-state index in [1.165, 1.54) is 12.8 Å². The number of hydrogen-bond donors (Lipinski definition) is 0. The predicted molar refractivity (Wildman–Crippen MR) is 66.5 cm³/mol. The van der Waals surface area contributed by atoms with Gasteiger partial charge >= 0.3 is 0 Å². The minimum Gasteiger partial charge on any atom is -0.368 e. The van der Waals surface area contributed by atoms with Crippen molar-refractivity contribution in [3.05, 3.63) is 0 Å². The molecule has 0 radical (unpaired) electrons.